The number of hydroxylamine groups is 1. The second-order valence-corrected chi connectivity index (χ2v) is 8.95. The van der Waals surface area contributed by atoms with Crippen molar-refractivity contribution in [2.45, 2.75) is 25.0 Å². The van der Waals surface area contributed by atoms with Gasteiger partial charge in [0.2, 0.25) is 0 Å². The fraction of sp³-hybridized carbons (Fsp3) is 0.250. The van der Waals surface area contributed by atoms with Gasteiger partial charge in [-0.15, -0.1) is 0 Å². The molecule has 2 aromatic heterocycles. The molecule has 0 bridgehead atoms. The van der Waals surface area contributed by atoms with E-state index in [1.54, 1.807) is 17.7 Å². The number of hydrogen-bond donors (Lipinski definition) is 4. The Morgan fingerprint density at radius 1 is 1.05 bits per heavy atom. The van der Waals surface area contributed by atoms with Crippen LogP contribution in [0.1, 0.15) is 23.2 Å². The number of aliphatic hydroxyl groups excluding tert-OH is 1. The second-order valence-electron chi connectivity index (χ2n) is 8.95. The van der Waals surface area contributed by atoms with Crippen molar-refractivity contribution in [3.8, 4) is 33.9 Å². The molecule has 0 saturated heterocycles. The molecule has 1 atom stereocenters. The smallest absolute Gasteiger partial charge is 0.279 e. The zero-order chi connectivity index (χ0) is 25.8. The molecule has 0 aliphatic heterocycles. The molecule has 1 fully saturated rings. The minimum Gasteiger partial charge on any atom is -0.494 e. The van der Waals surface area contributed by atoms with Crippen LogP contribution >= 0.6 is 0 Å². The van der Waals surface area contributed by atoms with Crippen molar-refractivity contribution < 1.29 is 24.6 Å². The van der Waals surface area contributed by atoms with Gasteiger partial charge in [0.25, 0.3) is 5.91 Å². The predicted molar refractivity (Wildman–Crippen MR) is 139 cm³/mol. The van der Waals surface area contributed by atoms with E-state index in [2.05, 4.69) is 10.3 Å². The summed E-state index contributed by atoms with van der Waals surface area (Å²) < 4.78 is 11.3. The van der Waals surface area contributed by atoms with Crippen LogP contribution in [0.15, 0.2) is 67.0 Å². The first-order chi connectivity index (χ1) is 18.1. The summed E-state index contributed by atoms with van der Waals surface area (Å²) in [6.45, 7) is 0.774. The average Bonchev–Trinajstić information content (AvgIpc) is 3.78. The van der Waals surface area contributed by atoms with E-state index in [4.69, 9.17) is 14.5 Å². The molecule has 37 heavy (non-hydrogen) atoms. The summed E-state index contributed by atoms with van der Waals surface area (Å²) in [5.74, 6) is 0.236. The van der Waals surface area contributed by atoms with E-state index in [1.165, 1.54) is 26.1 Å². The van der Waals surface area contributed by atoms with E-state index in [1.807, 2.05) is 48.5 Å². The van der Waals surface area contributed by atoms with Gasteiger partial charge < -0.3 is 19.9 Å². The van der Waals surface area contributed by atoms with Gasteiger partial charge in [0.15, 0.2) is 5.75 Å². The summed E-state index contributed by atoms with van der Waals surface area (Å²) in [4.78, 5) is 21.3. The number of benzene rings is 2. The molecular formula is C28H28N4O5. The number of pyridine rings is 2. The highest BCUT2D eigenvalue weighted by atomic mass is 16.5. The molecule has 0 radical (unpaired) electrons. The summed E-state index contributed by atoms with van der Waals surface area (Å²) in [6, 6.07) is 17.7. The molecule has 4 aromatic rings. The maximum Gasteiger partial charge on any atom is 0.279 e. The lowest BCUT2D eigenvalue weighted by Gasteiger charge is -2.15. The molecule has 0 spiro atoms. The van der Waals surface area contributed by atoms with Crippen LogP contribution < -0.4 is 20.3 Å². The number of hydrogen-bond acceptors (Lipinski definition) is 8. The normalized spacial score (nSPS) is 13.8. The quantitative estimate of drug-likeness (QED) is 0.192. The number of fused-ring (bicyclic) bond motifs is 1. The molecule has 5 rings (SSSR count). The Bertz CT molecular complexity index is 1390. The van der Waals surface area contributed by atoms with Gasteiger partial charge >= 0.3 is 0 Å². The van der Waals surface area contributed by atoms with Gasteiger partial charge in [-0.3, -0.25) is 15.0 Å². The van der Waals surface area contributed by atoms with Gasteiger partial charge in [-0.2, -0.15) is 0 Å². The Labute approximate surface area is 214 Å². The number of carbonyl (C=O) groups excluding carboxylic acids is 1. The van der Waals surface area contributed by atoms with Crippen molar-refractivity contribution in [3.63, 3.8) is 0 Å². The number of nitrogens with one attached hydrogen (secondary N) is 2. The molecule has 2 aromatic carbocycles. The van der Waals surface area contributed by atoms with Crippen molar-refractivity contribution in [3.05, 3.63) is 72.6 Å². The maximum atomic E-state index is 12.5. The minimum absolute atomic E-state index is 0.159. The van der Waals surface area contributed by atoms with E-state index in [9.17, 15) is 15.1 Å². The summed E-state index contributed by atoms with van der Waals surface area (Å²) in [5, 5.41) is 23.1. The molecular weight excluding hydrogens is 472 g/mol. The SMILES string of the molecule is COc1c(-c2ccc(-c3ccc(OCC(O)CNC4CC4)cc3)cc2)nc2ccncc2c1C(=O)NO. The molecule has 4 N–H and O–H groups in total. The van der Waals surface area contributed by atoms with E-state index in [0.717, 1.165) is 16.7 Å². The Kier molecular flexibility index (Phi) is 7.27. The number of nitrogens with zero attached hydrogens (tertiary/aromatic N) is 2. The lowest BCUT2D eigenvalue weighted by Crippen LogP contribution is -2.32. The summed E-state index contributed by atoms with van der Waals surface area (Å²) in [6.07, 6.45) is 4.92. The molecule has 1 aliphatic carbocycles. The van der Waals surface area contributed by atoms with Gasteiger partial charge in [0.05, 0.1) is 18.2 Å². The Hall–Kier alpha value is -4.05. The zero-order valence-electron chi connectivity index (χ0n) is 20.3. The van der Waals surface area contributed by atoms with Crippen LogP contribution in [0.5, 0.6) is 11.5 Å². The Balaban J connectivity index is 1.35. The fourth-order valence-corrected chi connectivity index (χ4v) is 4.17. The van der Waals surface area contributed by atoms with Gasteiger partial charge in [-0.25, -0.2) is 10.5 Å². The summed E-state index contributed by atoms with van der Waals surface area (Å²) in [5.41, 5.74) is 5.61. The number of rotatable bonds is 10. The van der Waals surface area contributed by atoms with E-state index in [-0.39, 0.29) is 17.9 Å². The van der Waals surface area contributed by atoms with Crippen LogP contribution in [0.4, 0.5) is 0 Å². The van der Waals surface area contributed by atoms with Crippen LogP contribution in [-0.2, 0) is 0 Å². The molecule has 190 valence electrons. The van der Waals surface area contributed by atoms with E-state index in [0.29, 0.717) is 34.9 Å². The lowest BCUT2D eigenvalue weighted by molar-refractivity contribution is 0.0705. The van der Waals surface area contributed by atoms with Gasteiger partial charge in [0.1, 0.15) is 24.2 Å². The third-order valence-electron chi connectivity index (χ3n) is 6.28. The van der Waals surface area contributed by atoms with Crippen LogP contribution in [-0.4, -0.2) is 58.6 Å². The first kappa shape index (κ1) is 24.6. The molecule has 1 saturated carbocycles. The summed E-state index contributed by atoms with van der Waals surface area (Å²) in [7, 11) is 1.46. The van der Waals surface area contributed by atoms with Crippen LogP contribution in [0, 0.1) is 0 Å². The number of aromatic nitrogens is 2. The highest BCUT2D eigenvalue weighted by molar-refractivity contribution is 6.09. The van der Waals surface area contributed by atoms with Gasteiger partial charge in [0, 0.05) is 35.9 Å². The van der Waals surface area contributed by atoms with Gasteiger partial charge in [-0.05, 0) is 42.2 Å². The molecule has 1 aliphatic rings. The van der Waals surface area contributed by atoms with Crippen molar-refractivity contribution in [2.75, 3.05) is 20.3 Å². The van der Waals surface area contributed by atoms with Crippen molar-refractivity contribution >= 4 is 16.8 Å². The topological polar surface area (TPSA) is 126 Å². The highest BCUT2D eigenvalue weighted by Crippen LogP contribution is 2.36. The minimum atomic E-state index is -0.705. The third-order valence-corrected chi connectivity index (χ3v) is 6.28. The van der Waals surface area contributed by atoms with E-state index < -0.39 is 12.0 Å². The maximum absolute atomic E-state index is 12.5. The predicted octanol–water partition coefficient (Wildman–Crippen LogP) is 3.58. The molecule has 9 nitrogen and oxygen atoms in total. The van der Waals surface area contributed by atoms with Crippen LogP contribution in [0.3, 0.4) is 0 Å². The number of ether oxygens (including phenoxy) is 2. The number of methoxy groups -OCH3 is 1. The summed E-state index contributed by atoms with van der Waals surface area (Å²) >= 11 is 0. The first-order valence-corrected chi connectivity index (χ1v) is 12.1. The van der Waals surface area contributed by atoms with E-state index >= 15 is 0 Å². The molecule has 2 heterocycles. The Morgan fingerprint density at radius 3 is 2.38 bits per heavy atom. The second kappa shape index (κ2) is 10.9. The third kappa shape index (κ3) is 5.54. The monoisotopic (exact) mass is 500 g/mol. The van der Waals surface area contributed by atoms with Crippen molar-refractivity contribution in [1.82, 2.24) is 20.8 Å². The average molecular weight is 501 g/mol. The number of carbonyl (C=O) groups is 1. The zero-order valence-corrected chi connectivity index (χ0v) is 20.3. The molecule has 1 amide bonds. The van der Waals surface area contributed by atoms with Crippen molar-refractivity contribution in [2.24, 2.45) is 0 Å². The largest absolute Gasteiger partial charge is 0.494 e. The standard InChI is InChI=1S/C28H28N4O5/c1-36-27-25(28(34)32-35)23-15-29-13-12-24(23)31-26(27)19-4-2-17(3-5-19)18-6-10-22(11-7-18)37-16-21(33)14-30-20-8-9-20/h2-7,10-13,15,20-21,30,33,35H,8-9,14,16H2,1H3,(H,32,34). The van der Waals surface area contributed by atoms with Crippen molar-refractivity contribution in [1.29, 1.82) is 0 Å². The van der Waals surface area contributed by atoms with Crippen LogP contribution in [0.2, 0.25) is 0 Å². The fourth-order valence-electron chi connectivity index (χ4n) is 4.17. The molecule has 1 unspecified atom stereocenters. The number of aliphatic hydroxyl groups is 1. The molecule has 9 heteroatoms. The van der Waals surface area contributed by atoms with Gasteiger partial charge in [-0.1, -0.05) is 36.4 Å². The highest BCUT2D eigenvalue weighted by Gasteiger charge is 2.23. The Morgan fingerprint density at radius 2 is 1.73 bits per heavy atom. The van der Waals surface area contributed by atoms with Crippen LogP contribution in [0.25, 0.3) is 33.3 Å². The number of amides is 1. The first-order valence-electron chi connectivity index (χ1n) is 12.1. The lowest BCUT2D eigenvalue weighted by atomic mass is 10.00.